The summed E-state index contributed by atoms with van der Waals surface area (Å²) in [6, 6.07) is 9.76. The quantitative estimate of drug-likeness (QED) is 0.533. The highest BCUT2D eigenvalue weighted by Crippen LogP contribution is 2.31. The molecular formula is C17H17IN2O. The molecule has 0 spiro atoms. The highest BCUT2D eigenvalue weighted by atomic mass is 127. The average Bonchev–Trinajstić information content (AvgIpc) is 2.59. The molecule has 1 aromatic rings. The van der Waals surface area contributed by atoms with Crippen LogP contribution in [0.5, 0.6) is 0 Å². The van der Waals surface area contributed by atoms with Crippen LogP contribution >= 0.6 is 22.6 Å². The van der Waals surface area contributed by atoms with Gasteiger partial charge in [0.2, 0.25) is 0 Å². The summed E-state index contributed by atoms with van der Waals surface area (Å²) in [6.45, 7) is 1.86. The van der Waals surface area contributed by atoms with E-state index in [2.05, 4.69) is 46.9 Å². The van der Waals surface area contributed by atoms with Gasteiger partial charge in [-0.1, -0.05) is 65.1 Å². The van der Waals surface area contributed by atoms with E-state index in [1.54, 1.807) is 4.90 Å². The fraction of sp³-hybridized carbons (Fsp3) is 0.294. The summed E-state index contributed by atoms with van der Waals surface area (Å²) in [5.74, 6) is 0.0463. The van der Waals surface area contributed by atoms with Gasteiger partial charge in [0.1, 0.15) is 6.04 Å². The maximum atomic E-state index is 12.4. The Hall–Kier alpha value is -1.43. The lowest BCUT2D eigenvalue weighted by atomic mass is 9.94. The summed E-state index contributed by atoms with van der Waals surface area (Å²) >= 11 is 2.43. The van der Waals surface area contributed by atoms with Crippen LogP contribution in [0.25, 0.3) is 0 Å². The molecule has 0 aromatic heterocycles. The zero-order valence-corrected chi connectivity index (χ0v) is 14.2. The average molecular weight is 392 g/mol. The third kappa shape index (κ3) is 2.69. The number of benzene rings is 1. The van der Waals surface area contributed by atoms with Crippen molar-refractivity contribution in [3.05, 3.63) is 59.3 Å². The zero-order chi connectivity index (χ0) is 15.0. The first kappa shape index (κ1) is 14.5. The van der Waals surface area contributed by atoms with Crippen molar-refractivity contribution in [2.24, 2.45) is 4.99 Å². The van der Waals surface area contributed by atoms with Crippen LogP contribution < -0.4 is 0 Å². The fourth-order valence-corrected chi connectivity index (χ4v) is 3.34. The van der Waals surface area contributed by atoms with Crippen LogP contribution in [0.1, 0.15) is 18.9 Å². The molecule has 1 amide bonds. The van der Waals surface area contributed by atoms with E-state index in [9.17, 15) is 4.79 Å². The molecule has 0 saturated carbocycles. The zero-order valence-electron chi connectivity index (χ0n) is 12.1. The number of alkyl halides is 1. The Labute approximate surface area is 138 Å². The van der Waals surface area contributed by atoms with Crippen LogP contribution in [0.2, 0.25) is 0 Å². The van der Waals surface area contributed by atoms with Gasteiger partial charge >= 0.3 is 0 Å². The highest BCUT2D eigenvalue weighted by Gasteiger charge is 2.31. The smallest absolute Gasteiger partial charge is 0.251 e. The molecule has 1 aromatic carbocycles. The minimum absolute atomic E-state index is 0.0463. The SMILES string of the molecule is C[C@@H]1N=C(c2ccccc2)C2=CC(I)CC=C2N(C)C1=O. The van der Waals surface area contributed by atoms with Crippen molar-refractivity contribution >= 4 is 34.2 Å². The molecule has 1 aliphatic carbocycles. The fourth-order valence-electron chi connectivity index (χ4n) is 2.73. The van der Waals surface area contributed by atoms with Crippen molar-refractivity contribution in [3.63, 3.8) is 0 Å². The Morgan fingerprint density at radius 3 is 2.71 bits per heavy atom. The number of halogens is 1. The van der Waals surface area contributed by atoms with Crippen LogP contribution in [-0.2, 0) is 4.79 Å². The van der Waals surface area contributed by atoms with Gasteiger partial charge in [0.15, 0.2) is 0 Å². The van der Waals surface area contributed by atoms with E-state index >= 15 is 0 Å². The van der Waals surface area contributed by atoms with Crippen molar-refractivity contribution in [2.75, 3.05) is 7.05 Å². The summed E-state index contributed by atoms with van der Waals surface area (Å²) in [4.78, 5) is 18.9. The van der Waals surface area contributed by atoms with E-state index in [0.29, 0.717) is 3.92 Å². The van der Waals surface area contributed by atoms with Gasteiger partial charge < -0.3 is 4.90 Å². The summed E-state index contributed by atoms with van der Waals surface area (Å²) in [5.41, 5.74) is 4.05. The Morgan fingerprint density at radius 1 is 1.29 bits per heavy atom. The Balaban J connectivity index is 2.18. The molecule has 0 bridgehead atoms. The highest BCUT2D eigenvalue weighted by molar-refractivity contribution is 14.1. The van der Waals surface area contributed by atoms with Crippen molar-refractivity contribution in [1.29, 1.82) is 0 Å². The predicted molar refractivity (Wildman–Crippen MR) is 93.8 cm³/mol. The predicted octanol–water partition coefficient (Wildman–Crippen LogP) is 3.35. The minimum atomic E-state index is -0.356. The number of likely N-dealkylation sites (N-methyl/N-ethyl adjacent to an activating group) is 1. The molecule has 2 atom stereocenters. The van der Waals surface area contributed by atoms with Gasteiger partial charge in [-0.25, -0.2) is 0 Å². The van der Waals surface area contributed by atoms with E-state index in [0.717, 1.165) is 29.0 Å². The number of aliphatic imine (C=N–C) groups is 1. The monoisotopic (exact) mass is 392 g/mol. The first-order chi connectivity index (χ1) is 10.1. The molecule has 1 heterocycles. The number of rotatable bonds is 1. The first-order valence-corrected chi connectivity index (χ1v) is 8.30. The van der Waals surface area contributed by atoms with E-state index in [-0.39, 0.29) is 11.9 Å². The van der Waals surface area contributed by atoms with Crippen LogP contribution in [0, 0.1) is 0 Å². The van der Waals surface area contributed by atoms with Crippen LogP contribution in [0.3, 0.4) is 0 Å². The molecule has 3 nitrogen and oxygen atoms in total. The molecule has 2 aliphatic rings. The largest absolute Gasteiger partial charge is 0.313 e. The van der Waals surface area contributed by atoms with E-state index in [4.69, 9.17) is 4.99 Å². The summed E-state index contributed by atoms with van der Waals surface area (Å²) in [6.07, 6.45) is 5.33. The van der Waals surface area contributed by atoms with Gasteiger partial charge in [0.05, 0.1) is 5.71 Å². The molecule has 1 unspecified atom stereocenters. The number of carbonyl (C=O) groups is 1. The standard InChI is InChI=1S/C17H17IN2O/c1-11-17(21)20(2)15-9-8-13(18)10-14(15)16(19-11)12-6-4-3-5-7-12/h3-7,9-11,13H,8H2,1-2H3/t11-,13?/m0/s1. The second kappa shape index (κ2) is 5.75. The lowest BCUT2D eigenvalue weighted by Crippen LogP contribution is -2.32. The summed E-state index contributed by atoms with van der Waals surface area (Å²) in [7, 11) is 1.84. The van der Waals surface area contributed by atoms with Crippen molar-refractivity contribution in [2.45, 2.75) is 23.3 Å². The molecule has 0 fully saturated rings. The number of nitrogens with zero attached hydrogens (tertiary/aromatic N) is 2. The minimum Gasteiger partial charge on any atom is -0.313 e. The number of carbonyl (C=O) groups excluding carboxylic acids is 1. The molecule has 0 radical (unpaired) electrons. The Kier molecular flexibility index (Phi) is 3.97. The lowest BCUT2D eigenvalue weighted by molar-refractivity contribution is -0.128. The van der Waals surface area contributed by atoms with E-state index in [1.807, 2.05) is 32.2 Å². The second-order valence-electron chi connectivity index (χ2n) is 5.34. The maximum absolute atomic E-state index is 12.4. The van der Waals surface area contributed by atoms with E-state index < -0.39 is 0 Å². The molecule has 1 aliphatic heterocycles. The molecule has 21 heavy (non-hydrogen) atoms. The lowest BCUT2D eigenvalue weighted by Gasteiger charge is -2.25. The molecule has 3 rings (SSSR count). The van der Waals surface area contributed by atoms with Crippen molar-refractivity contribution in [1.82, 2.24) is 4.90 Å². The molecule has 4 heteroatoms. The number of fused-ring (bicyclic) bond motifs is 1. The molecule has 0 N–H and O–H groups in total. The number of hydrogen-bond acceptors (Lipinski definition) is 2. The number of allylic oxidation sites excluding steroid dienone is 3. The van der Waals surface area contributed by atoms with Gasteiger partial charge in [-0.3, -0.25) is 9.79 Å². The van der Waals surface area contributed by atoms with Crippen molar-refractivity contribution in [3.8, 4) is 0 Å². The third-order valence-electron chi connectivity index (χ3n) is 3.83. The molecule has 0 saturated heterocycles. The van der Waals surface area contributed by atoms with Gasteiger partial charge in [0.25, 0.3) is 5.91 Å². The number of amides is 1. The van der Waals surface area contributed by atoms with Crippen LogP contribution in [0.15, 0.2) is 58.7 Å². The van der Waals surface area contributed by atoms with Gasteiger partial charge in [-0.05, 0) is 13.3 Å². The third-order valence-corrected chi connectivity index (χ3v) is 4.70. The Morgan fingerprint density at radius 2 is 2.00 bits per heavy atom. The second-order valence-corrected chi connectivity index (χ2v) is 6.94. The van der Waals surface area contributed by atoms with Crippen LogP contribution in [-0.4, -0.2) is 33.5 Å². The topological polar surface area (TPSA) is 32.7 Å². The normalized spacial score (nSPS) is 25.6. The number of hydrogen-bond donors (Lipinski definition) is 0. The van der Waals surface area contributed by atoms with Gasteiger partial charge in [0, 0.05) is 27.8 Å². The molecule has 108 valence electrons. The first-order valence-electron chi connectivity index (χ1n) is 7.05. The molecular weight excluding hydrogens is 375 g/mol. The summed E-state index contributed by atoms with van der Waals surface area (Å²) < 4.78 is 0.437. The van der Waals surface area contributed by atoms with Gasteiger partial charge in [-0.2, -0.15) is 0 Å². The Bertz CT molecular complexity index is 661. The van der Waals surface area contributed by atoms with Gasteiger partial charge in [-0.15, -0.1) is 0 Å². The maximum Gasteiger partial charge on any atom is 0.251 e. The van der Waals surface area contributed by atoms with Crippen LogP contribution in [0.4, 0.5) is 0 Å². The van der Waals surface area contributed by atoms with Crippen molar-refractivity contribution < 1.29 is 4.79 Å². The summed E-state index contributed by atoms with van der Waals surface area (Å²) in [5, 5.41) is 0. The van der Waals surface area contributed by atoms with E-state index in [1.165, 1.54) is 0 Å².